The molecule has 31 heavy (non-hydrogen) atoms. The third-order valence-corrected chi connectivity index (χ3v) is 6.62. The molecule has 0 unspecified atom stereocenters. The van der Waals surface area contributed by atoms with E-state index in [4.69, 9.17) is 16.3 Å². The number of aryl methyl sites for hydroxylation is 1. The third-order valence-electron chi connectivity index (χ3n) is 4.95. The minimum absolute atomic E-state index is 0.0710. The van der Waals surface area contributed by atoms with E-state index in [9.17, 15) is 13.2 Å². The maximum atomic E-state index is 12.9. The first-order valence-electron chi connectivity index (χ1n) is 9.51. The molecule has 162 valence electrons. The van der Waals surface area contributed by atoms with Gasteiger partial charge in [-0.3, -0.25) is 4.79 Å². The van der Waals surface area contributed by atoms with Crippen molar-refractivity contribution < 1.29 is 17.9 Å². The van der Waals surface area contributed by atoms with E-state index in [1.165, 1.54) is 25.3 Å². The summed E-state index contributed by atoms with van der Waals surface area (Å²) in [6.45, 7) is 3.94. The van der Waals surface area contributed by atoms with Gasteiger partial charge in [0.2, 0.25) is 10.0 Å². The maximum Gasteiger partial charge on any atom is 0.255 e. The molecule has 0 heterocycles. The highest BCUT2D eigenvalue weighted by atomic mass is 35.5. The van der Waals surface area contributed by atoms with Gasteiger partial charge in [0.15, 0.2) is 0 Å². The summed E-state index contributed by atoms with van der Waals surface area (Å²) < 4.78 is 33.6. The molecule has 0 aliphatic heterocycles. The van der Waals surface area contributed by atoms with E-state index in [1.807, 2.05) is 26.0 Å². The molecule has 0 spiro atoms. The van der Waals surface area contributed by atoms with Crippen molar-refractivity contribution in [3.8, 4) is 5.75 Å². The number of rotatable bonds is 7. The molecule has 0 aromatic heterocycles. The van der Waals surface area contributed by atoms with Crippen molar-refractivity contribution in [2.24, 2.45) is 0 Å². The Morgan fingerprint density at radius 3 is 2.42 bits per heavy atom. The molecule has 0 fully saturated rings. The predicted molar refractivity (Wildman–Crippen MR) is 122 cm³/mol. The van der Waals surface area contributed by atoms with Gasteiger partial charge in [0.05, 0.1) is 7.11 Å². The zero-order valence-electron chi connectivity index (χ0n) is 17.4. The van der Waals surface area contributed by atoms with E-state index in [0.29, 0.717) is 10.7 Å². The molecule has 6 nitrogen and oxygen atoms in total. The van der Waals surface area contributed by atoms with Gasteiger partial charge in [-0.1, -0.05) is 35.9 Å². The number of hydrogen-bond acceptors (Lipinski definition) is 4. The zero-order chi connectivity index (χ0) is 22.6. The first kappa shape index (κ1) is 22.8. The van der Waals surface area contributed by atoms with Crippen molar-refractivity contribution >= 4 is 33.2 Å². The zero-order valence-corrected chi connectivity index (χ0v) is 19.0. The van der Waals surface area contributed by atoms with Gasteiger partial charge in [-0.05, 0) is 66.9 Å². The van der Waals surface area contributed by atoms with Crippen LogP contribution in [0.25, 0.3) is 0 Å². The standard InChI is InChI=1S/C23H23ClN2O4S/c1-15-5-4-6-20(16(15)2)26-23(27)18-9-12-21(30-3)22(13-18)31(28,29)25-14-17-7-10-19(24)11-8-17/h4-13,25H,14H2,1-3H3,(H,26,27). The molecule has 0 saturated carbocycles. The SMILES string of the molecule is COc1ccc(C(=O)Nc2cccc(C)c2C)cc1S(=O)(=O)NCc1ccc(Cl)cc1. The largest absolute Gasteiger partial charge is 0.495 e. The van der Waals surface area contributed by atoms with Crippen LogP contribution >= 0.6 is 11.6 Å². The Bertz CT molecular complexity index is 1210. The van der Waals surface area contributed by atoms with Gasteiger partial charge in [0.25, 0.3) is 5.91 Å². The van der Waals surface area contributed by atoms with Crippen LogP contribution in [0.1, 0.15) is 27.0 Å². The van der Waals surface area contributed by atoms with Gasteiger partial charge in [-0.15, -0.1) is 0 Å². The molecule has 3 rings (SSSR count). The lowest BCUT2D eigenvalue weighted by molar-refractivity contribution is 0.102. The molecule has 0 saturated heterocycles. The van der Waals surface area contributed by atoms with Crippen LogP contribution in [0.5, 0.6) is 5.75 Å². The highest BCUT2D eigenvalue weighted by Gasteiger charge is 2.22. The molecule has 2 N–H and O–H groups in total. The van der Waals surface area contributed by atoms with E-state index in [1.54, 1.807) is 30.3 Å². The van der Waals surface area contributed by atoms with Crippen molar-refractivity contribution in [2.45, 2.75) is 25.3 Å². The average molecular weight is 459 g/mol. The molecule has 0 radical (unpaired) electrons. The Kier molecular flexibility index (Phi) is 7.00. The normalized spacial score (nSPS) is 11.2. The van der Waals surface area contributed by atoms with Crippen molar-refractivity contribution in [1.29, 1.82) is 0 Å². The van der Waals surface area contributed by atoms with E-state index in [2.05, 4.69) is 10.0 Å². The summed E-state index contributed by atoms with van der Waals surface area (Å²) in [5.74, 6) is -0.266. The number of benzene rings is 3. The van der Waals surface area contributed by atoms with E-state index in [-0.39, 0.29) is 22.8 Å². The summed E-state index contributed by atoms with van der Waals surface area (Å²) in [5, 5.41) is 3.40. The summed E-state index contributed by atoms with van der Waals surface area (Å²) in [5.41, 5.74) is 3.61. The van der Waals surface area contributed by atoms with E-state index < -0.39 is 15.9 Å². The van der Waals surface area contributed by atoms with Gasteiger partial charge in [-0.2, -0.15) is 0 Å². The lowest BCUT2D eigenvalue weighted by Gasteiger charge is -2.14. The fourth-order valence-electron chi connectivity index (χ4n) is 2.97. The smallest absolute Gasteiger partial charge is 0.255 e. The van der Waals surface area contributed by atoms with Crippen molar-refractivity contribution in [1.82, 2.24) is 4.72 Å². The third kappa shape index (κ3) is 5.44. The number of sulfonamides is 1. The molecule has 0 aliphatic rings. The van der Waals surface area contributed by atoms with Crippen LogP contribution in [0.2, 0.25) is 5.02 Å². The number of carbonyl (C=O) groups is 1. The minimum Gasteiger partial charge on any atom is -0.495 e. The average Bonchev–Trinajstić information content (AvgIpc) is 2.76. The summed E-state index contributed by atoms with van der Waals surface area (Å²) in [6.07, 6.45) is 0. The van der Waals surface area contributed by atoms with Gasteiger partial charge in [0, 0.05) is 22.8 Å². The van der Waals surface area contributed by atoms with Crippen LogP contribution in [-0.4, -0.2) is 21.4 Å². The molecule has 0 bridgehead atoms. The fourth-order valence-corrected chi connectivity index (χ4v) is 4.30. The Balaban J connectivity index is 1.86. The summed E-state index contributed by atoms with van der Waals surface area (Å²) >= 11 is 5.87. The van der Waals surface area contributed by atoms with Gasteiger partial charge >= 0.3 is 0 Å². The molecule has 0 atom stereocenters. The molecule has 3 aromatic rings. The Morgan fingerprint density at radius 1 is 1.03 bits per heavy atom. The van der Waals surface area contributed by atoms with Gasteiger partial charge < -0.3 is 10.1 Å². The highest BCUT2D eigenvalue weighted by Crippen LogP contribution is 2.26. The van der Waals surface area contributed by atoms with Crippen molar-refractivity contribution in [3.63, 3.8) is 0 Å². The number of hydrogen-bond donors (Lipinski definition) is 2. The fraction of sp³-hybridized carbons (Fsp3) is 0.174. The monoisotopic (exact) mass is 458 g/mol. The van der Waals surface area contributed by atoms with E-state index in [0.717, 1.165) is 16.7 Å². The Morgan fingerprint density at radius 2 is 1.74 bits per heavy atom. The summed E-state index contributed by atoms with van der Waals surface area (Å²) in [6, 6.07) is 16.7. The number of ether oxygens (including phenoxy) is 1. The maximum absolute atomic E-state index is 12.9. The second kappa shape index (κ2) is 9.51. The first-order chi connectivity index (χ1) is 14.7. The first-order valence-corrected chi connectivity index (χ1v) is 11.4. The number of halogens is 1. The second-order valence-corrected chi connectivity index (χ2v) is 9.19. The molecule has 8 heteroatoms. The Hall–Kier alpha value is -2.87. The molecule has 3 aromatic carbocycles. The van der Waals surface area contributed by atoms with Crippen LogP contribution in [0.3, 0.4) is 0 Å². The lowest BCUT2D eigenvalue weighted by atomic mass is 10.1. The number of carbonyl (C=O) groups excluding carboxylic acids is 1. The lowest BCUT2D eigenvalue weighted by Crippen LogP contribution is -2.24. The predicted octanol–water partition coefficient (Wildman–Crippen LogP) is 4.70. The number of anilines is 1. The van der Waals surface area contributed by atoms with Crippen LogP contribution < -0.4 is 14.8 Å². The number of nitrogens with one attached hydrogen (secondary N) is 2. The van der Waals surface area contributed by atoms with Crippen molar-refractivity contribution in [3.05, 3.63) is 87.9 Å². The molecular formula is C23H23ClN2O4S. The number of amides is 1. The van der Waals surface area contributed by atoms with Gasteiger partial charge in [0.1, 0.15) is 10.6 Å². The minimum atomic E-state index is -3.94. The molecule has 1 amide bonds. The second-order valence-electron chi connectivity index (χ2n) is 7.02. The van der Waals surface area contributed by atoms with Gasteiger partial charge in [-0.25, -0.2) is 13.1 Å². The number of methoxy groups -OCH3 is 1. The van der Waals surface area contributed by atoms with Crippen LogP contribution in [0.4, 0.5) is 5.69 Å². The van der Waals surface area contributed by atoms with Crippen molar-refractivity contribution in [2.75, 3.05) is 12.4 Å². The summed E-state index contributed by atoms with van der Waals surface area (Å²) in [7, 11) is -2.56. The van der Waals surface area contributed by atoms with Crippen LogP contribution in [0, 0.1) is 13.8 Å². The van der Waals surface area contributed by atoms with E-state index >= 15 is 0 Å². The molecule has 0 aliphatic carbocycles. The quantitative estimate of drug-likeness (QED) is 0.537. The topological polar surface area (TPSA) is 84.5 Å². The highest BCUT2D eigenvalue weighted by molar-refractivity contribution is 7.89. The molecular weight excluding hydrogens is 436 g/mol. The summed E-state index contributed by atoms with van der Waals surface area (Å²) in [4.78, 5) is 12.7. The Labute approximate surface area is 187 Å². The van der Waals surface area contributed by atoms with Crippen LogP contribution in [-0.2, 0) is 16.6 Å². The van der Waals surface area contributed by atoms with Crippen LogP contribution in [0.15, 0.2) is 65.6 Å².